The summed E-state index contributed by atoms with van der Waals surface area (Å²) in [4.78, 5) is 23.2. The minimum Gasteiger partial charge on any atom is -0.387 e. The van der Waals surface area contributed by atoms with E-state index in [-0.39, 0.29) is 12.4 Å². The first-order valence-corrected chi connectivity index (χ1v) is 6.93. The third kappa shape index (κ3) is 2.65. The van der Waals surface area contributed by atoms with Gasteiger partial charge in [-0.15, -0.1) is 0 Å². The SMILES string of the molecule is CNC(=O)NC[C@H]1O[C@@H](n2cnc3c(N)ncnc32)[C@@H](O)C1O. The van der Waals surface area contributed by atoms with Crippen LogP contribution in [0.15, 0.2) is 12.7 Å². The summed E-state index contributed by atoms with van der Waals surface area (Å²) in [6, 6.07) is -0.410. The van der Waals surface area contributed by atoms with E-state index in [0.29, 0.717) is 11.2 Å². The molecule has 3 heterocycles. The molecule has 0 bridgehead atoms. The van der Waals surface area contributed by atoms with Crippen molar-refractivity contribution in [1.82, 2.24) is 30.2 Å². The predicted octanol–water partition coefficient (Wildman–Crippen LogP) is -2.04. The zero-order valence-electron chi connectivity index (χ0n) is 12.2. The van der Waals surface area contributed by atoms with Crippen LogP contribution in [-0.2, 0) is 4.74 Å². The van der Waals surface area contributed by atoms with Crippen molar-refractivity contribution in [1.29, 1.82) is 0 Å². The molecule has 124 valence electrons. The highest BCUT2D eigenvalue weighted by Crippen LogP contribution is 2.31. The van der Waals surface area contributed by atoms with E-state index < -0.39 is 30.6 Å². The molecule has 11 nitrogen and oxygen atoms in total. The highest BCUT2D eigenvalue weighted by atomic mass is 16.6. The maximum atomic E-state index is 11.2. The lowest BCUT2D eigenvalue weighted by Gasteiger charge is -2.16. The van der Waals surface area contributed by atoms with Gasteiger partial charge in [0, 0.05) is 13.6 Å². The van der Waals surface area contributed by atoms with E-state index in [1.165, 1.54) is 24.3 Å². The highest BCUT2D eigenvalue weighted by Gasteiger charge is 2.44. The van der Waals surface area contributed by atoms with Crippen LogP contribution in [0, 0.1) is 0 Å². The molecule has 1 aliphatic rings. The van der Waals surface area contributed by atoms with Crippen LogP contribution in [0.2, 0.25) is 0 Å². The Labute approximate surface area is 130 Å². The molecule has 0 saturated carbocycles. The smallest absolute Gasteiger partial charge is 0.314 e. The number of imidazole rings is 1. The summed E-state index contributed by atoms with van der Waals surface area (Å²) in [5.41, 5.74) is 6.48. The van der Waals surface area contributed by atoms with Gasteiger partial charge in [0.1, 0.15) is 30.2 Å². The molecular formula is C12H17N7O4. The Bertz CT molecular complexity index is 720. The molecule has 2 aromatic heterocycles. The number of aliphatic hydroxyl groups excluding tert-OH is 2. The van der Waals surface area contributed by atoms with Crippen molar-refractivity contribution in [3.8, 4) is 0 Å². The Morgan fingerprint density at radius 1 is 1.39 bits per heavy atom. The number of anilines is 1. The van der Waals surface area contributed by atoms with Crippen LogP contribution >= 0.6 is 0 Å². The summed E-state index contributed by atoms with van der Waals surface area (Å²) >= 11 is 0. The van der Waals surface area contributed by atoms with Gasteiger partial charge in [0.05, 0.1) is 6.33 Å². The van der Waals surface area contributed by atoms with E-state index in [4.69, 9.17) is 10.5 Å². The minimum absolute atomic E-state index is 0.0398. The molecule has 1 aliphatic heterocycles. The molecule has 0 aliphatic carbocycles. The minimum atomic E-state index is -1.21. The number of aliphatic hydroxyl groups is 2. The van der Waals surface area contributed by atoms with Gasteiger partial charge in [0.2, 0.25) is 0 Å². The number of nitrogen functional groups attached to an aromatic ring is 1. The fourth-order valence-corrected chi connectivity index (χ4v) is 2.47. The predicted molar refractivity (Wildman–Crippen MR) is 78.1 cm³/mol. The fourth-order valence-electron chi connectivity index (χ4n) is 2.47. The molecule has 1 saturated heterocycles. The van der Waals surface area contributed by atoms with E-state index in [9.17, 15) is 15.0 Å². The molecule has 0 aromatic carbocycles. The number of amides is 2. The van der Waals surface area contributed by atoms with Crippen LogP contribution < -0.4 is 16.4 Å². The Balaban J connectivity index is 1.82. The van der Waals surface area contributed by atoms with Crippen molar-refractivity contribution in [3.05, 3.63) is 12.7 Å². The number of aromatic nitrogens is 4. The van der Waals surface area contributed by atoms with E-state index in [0.717, 1.165) is 0 Å². The van der Waals surface area contributed by atoms with Gasteiger partial charge in [0.25, 0.3) is 0 Å². The quantitative estimate of drug-likeness (QED) is 0.431. The van der Waals surface area contributed by atoms with Crippen molar-refractivity contribution in [2.45, 2.75) is 24.5 Å². The van der Waals surface area contributed by atoms with Gasteiger partial charge in [-0.3, -0.25) is 4.57 Å². The van der Waals surface area contributed by atoms with Gasteiger partial charge in [-0.25, -0.2) is 19.7 Å². The molecule has 23 heavy (non-hydrogen) atoms. The Hall–Kier alpha value is -2.50. The zero-order valence-corrected chi connectivity index (χ0v) is 12.2. The molecule has 3 rings (SSSR count). The third-order valence-corrected chi connectivity index (χ3v) is 3.69. The lowest BCUT2D eigenvalue weighted by atomic mass is 10.1. The normalized spacial score (nSPS) is 27.3. The van der Waals surface area contributed by atoms with Crippen molar-refractivity contribution < 1.29 is 19.7 Å². The highest BCUT2D eigenvalue weighted by molar-refractivity contribution is 5.81. The molecule has 4 atom stereocenters. The molecular weight excluding hydrogens is 306 g/mol. The zero-order chi connectivity index (χ0) is 16.6. The van der Waals surface area contributed by atoms with Crippen LogP contribution in [0.25, 0.3) is 11.2 Å². The molecule has 2 amide bonds. The first-order chi connectivity index (χ1) is 11.0. The number of hydrogen-bond acceptors (Lipinski definition) is 8. The fraction of sp³-hybridized carbons (Fsp3) is 0.500. The molecule has 1 unspecified atom stereocenters. The van der Waals surface area contributed by atoms with Gasteiger partial charge < -0.3 is 31.3 Å². The van der Waals surface area contributed by atoms with Gasteiger partial charge in [-0.05, 0) is 0 Å². The number of hydrogen-bond donors (Lipinski definition) is 5. The molecule has 0 spiro atoms. The maximum absolute atomic E-state index is 11.2. The summed E-state index contributed by atoms with van der Waals surface area (Å²) in [5.74, 6) is 0.208. The number of nitrogens with one attached hydrogen (secondary N) is 2. The van der Waals surface area contributed by atoms with E-state index in [1.807, 2.05) is 0 Å². The van der Waals surface area contributed by atoms with Crippen molar-refractivity contribution in [2.75, 3.05) is 19.3 Å². The van der Waals surface area contributed by atoms with E-state index >= 15 is 0 Å². The summed E-state index contributed by atoms with van der Waals surface area (Å²) in [7, 11) is 1.47. The van der Waals surface area contributed by atoms with E-state index in [1.54, 1.807) is 0 Å². The molecule has 6 N–H and O–H groups in total. The molecule has 2 aromatic rings. The summed E-state index contributed by atoms with van der Waals surface area (Å²) in [6.45, 7) is 0.0398. The first kappa shape index (κ1) is 15.4. The second-order valence-corrected chi connectivity index (χ2v) is 5.09. The van der Waals surface area contributed by atoms with Crippen LogP contribution in [-0.4, -0.2) is 67.7 Å². The number of ether oxygens (including phenoxy) is 1. The van der Waals surface area contributed by atoms with Crippen molar-refractivity contribution in [2.24, 2.45) is 0 Å². The van der Waals surface area contributed by atoms with E-state index in [2.05, 4.69) is 25.6 Å². The summed E-state index contributed by atoms with van der Waals surface area (Å²) in [6.07, 6.45) is -1.37. The average Bonchev–Trinajstić information content (AvgIpc) is 3.09. The number of nitrogens with two attached hydrogens (primary N) is 1. The molecule has 1 fully saturated rings. The second-order valence-electron chi connectivity index (χ2n) is 5.09. The van der Waals surface area contributed by atoms with Gasteiger partial charge in [-0.1, -0.05) is 0 Å². The van der Waals surface area contributed by atoms with Crippen molar-refractivity contribution >= 4 is 23.0 Å². The van der Waals surface area contributed by atoms with Gasteiger partial charge in [-0.2, -0.15) is 0 Å². The Morgan fingerprint density at radius 2 is 2.17 bits per heavy atom. The van der Waals surface area contributed by atoms with Crippen LogP contribution in [0.3, 0.4) is 0 Å². The van der Waals surface area contributed by atoms with Gasteiger partial charge >= 0.3 is 6.03 Å². The standard InChI is InChI=1S/C12H17N7O4/c1-14-12(22)15-2-5-7(20)8(21)11(23-5)19-4-18-6-9(13)16-3-17-10(6)19/h3-5,7-8,11,20-21H,2H2,1H3,(H2,13,16,17)(H2,14,15,22)/t5-,7?,8+,11-/m1/s1. The molecule has 11 heteroatoms. The monoisotopic (exact) mass is 323 g/mol. The number of carbonyl (C=O) groups is 1. The number of fused-ring (bicyclic) bond motifs is 1. The van der Waals surface area contributed by atoms with Crippen molar-refractivity contribution in [3.63, 3.8) is 0 Å². The average molecular weight is 323 g/mol. The number of carbonyl (C=O) groups excluding carboxylic acids is 1. The lowest BCUT2D eigenvalue weighted by molar-refractivity contribution is -0.0335. The lowest BCUT2D eigenvalue weighted by Crippen LogP contribution is -2.42. The maximum Gasteiger partial charge on any atom is 0.314 e. The van der Waals surface area contributed by atoms with Crippen LogP contribution in [0.1, 0.15) is 6.23 Å². The second kappa shape index (κ2) is 5.95. The number of urea groups is 1. The summed E-state index contributed by atoms with van der Waals surface area (Å²) < 4.78 is 7.13. The van der Waals surface area contributed by atoms with Gasteiger partial charge in [0.15, 0.2) is 17.7 Å². The Morgan fingerprint density at radius 3 is 2.91 bits per heavy atom. The van der Waals surface area contributed by atoms with Crippen LogP contribution in [0.5, 0.6) is 0 Å². The summed E-state index contributed by atoms with van der Waals surface area (Å²) in [5, 5.41) is 25.2. The largest absolute Gasteiger partial charge is 0.387 e. The molecule has 0 radical (unpaired) electrons. The number of nitrogens with zero attached hydrogens (tertiary/aromatic N) is 4. The Kier molecular flexibility index (Phi) is 3.98. The topological polar surface area (TPSA) is 160 Å². The third-order valence-electron chi connectivity index (χ3n) is 3.69. The number of rotatable bonds is 3. The van der Waals surface area contributed by atoms with Crippen LogP contribution in [0.4, 0.5) is 10.6 Å². The first-order valence-electron chi connectivity index (χ1n) is 6.93.